The molecule has 0 radical (unpaired) electrons. The molecule has 0 saturated carbocycles. The molecular formula is C13H11ClN2O3S. The maximum Gasteiger partial charge on any atom is 0.251 e. The van der Waals surface area contributed by atoms with E-state index in [-0.39, 0.29) is 12.4 Å². The maximum atomic E-state index is 11.2. The van der Waals surface area contributed by atoms with E-state index in [1.54, 1.807) is 0 Å². The first-order valence-corrected chi connectivity index (χ1v) is 7.29. The Labute approximate surface area is 124 Å². The fourth-order valence-electron chi connectivity index (χ4n) is 1.89. The third-order valence-electron chi connectivity index (χ3n) is 2.75. The topological polar surface area (TPSA) is 64.2 Å². The second-order valence-electron chi connectivity index (χ2n) is 4.20. The number of nitrogens with zero attached hydrogens (tertiary/aromatic N) is 1. The zero-order valence-corrected chi connectivity index (χ0v) is 12.0. The molecule has 1 aromatic heterocycles. The van der Waals surface area contributed by atoms with Crippen molar-refractivity contribution in [3.8, 4) is 5.75 Å². The van der Waals surface area contributed by atoms with Crippen LogP contribution in [0.3, 0.4) is 0 Å². The summed E-state index contributed by atoms with van der Waals surface area (Å²) < 4.78 is 10.6. The summed E-state index contributed by atoms with van der Waals surface area (Å²) in [5, 5.41) is 1.16. The Kier molecular flexibility index (Phi) is 3.95. The third-order valence-corrected chi connectivity index (χ3v) is 3.99. The summed E-state index contributed by atoms with van der Waals surface area (Å²) in [7, 11) is 0. The zero-order valence-electron chi connectivity index (χ0n) is 10.4. The van der Waals surface area contributed by atoms with Crippen LogP contribution in [0.25, 0.3) is 0 Å². The minimum atomic E-state index is -0.159. The number of hydrogen-bond donors (Lipinski definition) is 1. The molecule has 0 spiro atoms. The summed E-state index contributed by atoms with van der Waals surface area (Å²) in [5.41, 5.74) is 1.81. The van der Waals surface area contributed by atoms with Crippen LogP contribution in [0.4, 0.5) is 0 Å². The molecule has 0 aliphatic carbocycles. The Bertz CT molecular complexity index is 690. The molecule has 0 saturated heterocycles. The Morgan fingerprint density at radius 3 is 3.20 bits per heavy atom. The van der Waals surface area contributed by atoms with Crippen LogP contribution < -0.4 is 10.3 Å². The lowest BCUT2D eigenvalue weighted by atomic mass is 10.1. The number of hydrogen-bond acceptors (Lipinski definition) is 5. The Morgan fingerprint density at radius 2 is 2.35 bits per heavy atom. The highest BCUT2D eigenvalue weighted by molar-refractivity contribution is 7.98. The number of fused-ring (bicyclic) bond motifs is 1. The lowest BCUT2D eigenvalue weighted by molar-refractivity contribution is -0.0163. The summed E-state index contributed by atoms with van der Waals surface area (Å²) in [6.07, 6.45) is 1.49. The lowest BCUT2D eigenvalue weighted by Gasteiger charge is -2.19. The van der Waals surface area contributed by atoms with Crippen molar-refractivity contribution in [1.82, 2.24) is 9.97 Å². The summed E-state index contributed by atoms with van der Waals surface area (Å²) in [6.45, 7) is 0.726. The van der Waals surface area contributed by atoms with Crippen LogP contribution in [0.5, 0.6) is 5.75 Å². The van der Waals surface area contributed by atoms with Crippen LogP contribution in [-0.2, 0) is 17.1 Å². The van der Waals surface area contributed by atoms with Crippen LogP contribution in [0, 0.1) is 0 Å². The van der Waals surface area contributed by atoms with E-state index in [9.17, 15) is 4.79 Å². The summed E-state index contributed by atoms with van der Waals surface area (Å²) in [4.78, 5) is 17.9. The van der Waals surface area contributed by atoms with E-state index in [2.05, 4.69) is 9.97 Å². The minimum absolute atomic E-state index is 0.159. The highest BCUT2D eigenvalue weighted by Gasteiger charge is 2.15. The van der Waals surface area contributed by atoms with Gasteiger partial charge in [-0.15, -0.1) is 0 Å². The minimum Gasteiger partial charge on any atom is -0.466 e. The molecule has 3 rings (SSSR count). The molecule has 0 atom stereocenters. The molecule has 0 amide bonds. The van der Waals surface area contributed by atoms with Gasteiger partial charge in [-0.3, -0.25) is 4.79 Å². The van der Waals surface area contributed by atoms with Crippen molar-refractivity contribution in [2.45, 2.75) is 17.5 Å². The van der Waals surface area contributed by atoms with Gasteiger partial charge in [-0.2, -0.15) is 0 Å². The van der Waals surface area contributed by atoms with Crippen molar-refractivity contribution in [3.63, 3.8) is 0 Å². The number of ether oxygens (including phenoxy) is 2. The maximum absolute atomic E-state index is 11.2. The smallest absolute Gasteiger partial charge is 0.251 e. The van der Waals surface area contributed by atoms with Crippen LogP contribution in [-0.4, -0.2) is 16.8 Å². The number of rotatable bonds is 3. The van der Waals surface area contributed by atoms with Gasteiger partial charge in [0.25, 0.3) is 5.56 Å². The second-order valence-corrected chi connectivity index (χ2v) is 5.58. The van der Waals surface area contributed by atoms with Gasteiger partial charge < -0.3 is 14.5 Å². The molecule has 104 valence electrons. The second kappa shape index (κ2) is 5.87. The number of benzene rings is 1. The molecule has 7 heteroatoms. The average molecular weight is 311 g/mol. The fraction of sp³-hybridized carbons (Fsp3) is 0.231. The van der Waals surface area contributed by atoms with E-state index >= 15 is 0 Å². The first-order chi connectivity index (χ1) is 9.72. The van der Waals surface area contributed by atoms with Gasteiger partial charge in [0, 0.05) is 23.6 Å². The van der Waals surface area contributed by atoms with E-state index in [1.165, 1.54) is 24.0 Å². The molecule has 1 aromatic carbocycles. The molecule has 0 bridgehead atoms. The van der Waals surface area contributed by atoms with Gasteiger partial charge in [0.1, 0.15) is 5.75 Å². The number of nitrogens with one attached hydrogen (secondary N) is 1. The molecule has 1 aliphatic heterocycles. The number of H-pyrrole nitrogens is 1. The number of aromatic nitrogens is 2. The van der Waals surface area contributed by atoms with E-state index in [0.29, 0.717) is 28.3 Å². The van der Waals surface area contributed by atoms with Crippen LogP contribution in [0.1, 0.15) is 11.1 Å². The SMILES string of the molecule is O=c1ccnc(SCc2cc(Cl)c3c(c2)COCO3)[nH]1. The van der Waals surface area contributed by atoms with Crippen molar-refractivity contribution in [3.05, 3.63) is 50.9 Å². The van der Waals surface area contributed by atoms with E-state index in [1.807, 2.05) is 12.1 Å². The molecule has 20 heavy (non-hydrogen) atoms. The normalized spacial score (nSPS) is 13.7. The molecule has 2 heterocycles. The molecule has 5 nitrogen and oxygen atoms in total. The summed E-state index contributed by atoms with van der Waals surface area (Å²) in [6, 6.07) is 5.24. The highest BCUT2D eigenvalue weighted by Crippen LogP contribution is 2.34. The van der Waals surface area contributed by atoms with E-state index < -0.39 is 0 Å². The van der Waals surface area contributed by atoms with Crippen molar-refractivity contribution in [1.29, 1.82) is 0 Å². The first-order valence-electron chi connectivity index (χ1n) is 5.92. The third kappa shape index (κ3) is 2.98. The summed E-state index contributed by atoms with van der Waals surface area (Å²) in [5.74, 6) is 1.35. The Balaban J connectivity index is 1.78. The summed E-state index contributed by atoms with van der Waals surface area (Å²) >= 11 is 7.63. The van der Waals surface area contributed by atoms with Gasteiger partial charge in [0.15, 0.2) is 11.9 Å². The van der Waals surface area contributed by atoms with Crippen molar-refractivity contribution in [2.24, 2.45) is 0 Å². The quantitative estimate of drug-likeness (QED) is 0.697. The zero-order chi connectivity index (χ0) is 13.9. The predicted octanol–water partition coefficient (Wildman–Crippen LogP) is 2.58. The molecule has 0 unspecified atom stereocenters. The van der Waals surface area contributed by atoms with Gasteiger partial charge in [-0.1, -0.05) is 23.4 Å². The number of thioether (sulfide) groups is 1. The van der Waals surface area contributed by atoms with Gasteiger partial charge in [0.2, 0.25) is 0 Å². The monoisotopic (exact) mass is 310 g/mol. The van der Waals surface area contributed by atoms with Gasteiger partial charge in [-0.05, 0) is 17.7 Å². The van der Waals surface area contributed by atoms with Crippen LogP contribution in [0.2, 0.25) is 5.02 Å². The van der Waals surface area contributed by atoms with E-state index in [0.717, 1.165) is 11.1 Å². The predicted molar refractivity (Wildman–Crippen MR) is 76.2 cm³/mol. The van der Waals surface area contributed by atoms with Gasteiger partial charge in [-0.25, -0.2) is 4.98 Å². The first kappa shape index (κ1) is 13.5. The number of halogens is 1. The average Bonchev–Trinajstić information content (AvgIpc) is 2.45. The molecule has 2 aromatic rings. The lowest BCUT2D eigenvalue weighted by Crippen LogP contribution is -2.12. The molecular weight excluding hydrogens is 300 g/mol. The molecule has 1 aliphatic rings. The van der Waals surface area contributed by atoms with Gasteiger partial charge in [0.05, 0.1) is 11.6 Å². The van der Waals surface area contributed by atoms with Crippen molar-refractivity contribution in [2.75, 3.05) is 6.79 Å². The largest absolute Gasteiger partial charge is 0.466 e. The molecule has 0 fully saturated rings. The van der Waals surface area contributed by atoms with E-state index in [4.69, 9.17) is 21.1 Å². The Hall–Kier alpha value is -1.50. The number of aromatic amines is 1. The fourth-order valence-corrected chi connectivity index (χ4v) is 2.99. The Morgan fingerprint density at radius 1 is 1.45 bits per heavy atom. The van der Waals surface area contributed by atoms with Gasteiger partial charge >= 0.3 is 0 Å². The van der Waals surface area contributed by atoms with Crippen LogP contribution in [0.15, 0.2) is 34.3 Å². The molecule has 1 N–H and O–H groups in total. The van der Waals surface area contributed by atoms with Crippen molar-refractivity contribution < 1.29 is 9.47 Å². The highest BCUT2D eigenvalue weighted by atomic mass is 35.5. The van der Waals surface area contributed by atoms with Crippen LogP contribution >= 0.6 is 23.4 Å². The van der Waals surface area contributed by atoms with Crippen molar-refractivity contribution >= 4 is 23.4 Å². The standard InChI is InChI=1S/C13H11ClN2O3S/c14-10-4-8(3-9-5-18-7-19-12(9)10)6-20-13-15-2-1-11(17)16-13/h1-4H,5-7H2,(H,15,16,17).